The van der Waals surface area contributed by atoms with Gasteiger partial charge in [0.15, 0.2) is 0 Å². The molecule has 1 aromatic heterocycles. The summed E-state index contributed by atoms with van der Waals surface area (Å²) < 4.78 is 5.10. The minimum absolute atomic E-state index is 0.528. The molecule has 0 aromatic carbocycles. The molecule has 0 saturated carbocycles. The Hall–Kier alpha value is -0.930. The van der Waals surface area contributed by atoms with Gasteiger partial charge in [0.2, 0.25) is 0 Å². The molecule has 0 atom stereocenters. The molecule has 0 bridgehead atoms. The predicted octanol–water partition coefficient (Wildman–Crippen LogP) is 1.94. The van der Waals surface area contributed by atoms with Crippen LogP contribution < -0.4 is 0 Å². The van der Waals surface area contributed by atoms with Crippen molar-refractivity contribution in [1.29, 1.82) is 0 Å². The van der Waals surface area contributed by atoms with Crippen molar-refractivity contribution in [1.82, 2.24) is 9.88 Å². The third-order valence-corrected chi connectivity index (χ3v) is 2.42. The van der Waals surface area contributed by atoms with Crippen LogP contribution in [0.15, 0.2) is 24.5 Å². The van der Waals surface area contributed by atoms with Crippen LogP contribution >= 0.6 is 0 Å². The lowest BCUT2D eigenvalue weighted by molar-refractivity contribution is 0.125. The van der Waals surface area contributed by atoms with Crippen molar-refractivity contribution in [3.05, 3.63) is 30.1 Å². The average molecular weight is 208 g/mol. The van der Waals surface area contributed by atoms with Crippen molar-refractivity contribution in [3.8, 4) is 0 Å². The summed E-state index contributed by atoms with van der Waals surface area (Å²) in [5.74, 6) is 0. The first kappa shape index (κ1) is 12.1. The topological polar surface area (TPSA) is 25.4 Å². The largest absolute Gasteiger partial charge is 0.383 e. The van der Waals surface area contributed by atoms with Gasteiger partial charge in [0.05, 0.1) is 6.61 Å². The van der Waals surface area contributed by atoms with Gasteiger partial charge in [-0.1, -0.05) is 6.07 Å². The Morgan fingerprint density at radius 1 is 1.47 bits per heavy atom. The van der Waals surface area contributed by atoms with E-state index < -0.39 is 0 Å². The Labute approximate surface area is 92.1 Å². The highest BCUT2D eigenvalue weighted by molar-refractivity contribution is 5.08. The SMILES string of the molecule is COCCN(Cc1cccnc1)C(C)C. The van der Waals surface area contributed by atoms with Crippen molar-refractivity contribution in [2.45, 2.75) is 26.4 Å². The van der Waals surface area contributed by atoms with E-state index in [1.165, 1.54) is 5.56 Å². The third kappa shape index (κ3) is 4.40. The summed E-state index contributed by atoms with van der Waals surface area (Å²) in [6, 6.07) is 4.61. The normalized spacial score (nSPS) is 11.3. The fourth-order valence-corrected chi connectivity index (χ4v) is 1.45. The van der Waals surface area contributed by atoms with Crippen LogP contribution in [0.2, 0.25) is 0 Å². The van der Waals surface area contributed by atoms with Crippen LogP contribution in [-0.2, 0) is 11.3 Å². The Bertz CT molecular complexity index is 262. The van der Waals surface area contributed by atoms with E-state index in [1.807, 2.05) is 12.3 Å². The van der Waals surface area contributed by atoms with E-state index in [1.54, 1.807) is 13.3 Å². The molecular weight excluding hydrogens is 188 g/mol. The van der Waals surface area contributed by atoms with Gasteiger partial charge < -0.3 is 4.74 Å². The lowest BCUT2D eigenvalue weighted by Gasteiger charge is -2.25. The highest BCUT2D eigenvalue weighted by Gasteiger charge is 2.09. The maximum atomic E-state index is 5.10. The van der Waals surface area contributed by atoms with E-state index in [0.29, 0.717) is 6.04 Å². The van der Waals surface area contributed by atoms with E-state index in [4.69, 9.17) is 4.74 Å². The predicted molar refractivity (Wildman–Crippen MR) is 61.7 cm³/mol. The van der Waals surface area contributed by atoms with E-state index >= 15 is 0 Å². The molecular formula is C12H20N2O. The number of nitrogens with zero attached hydrogens (tertiary/aromatic N) is 2. The molecule has 0 radical (unpaired) electrons. The highest BCUT2D eigenvalue weighted by Crippen LogP contribution is 2.06. The number of pyridine rings is 1. The van der Waals surface area contributed by atoms with Gasteiger partial charge >= 0.3 is 0 Å². The molecule has 0 N–H and O–H groups in total. The van der Waals surface area contributed by atoms with Gasteiger partial charge in [-0.2, -0.15) is 0 Å². The lowest BCUT2D eigenvalue weighted by atomic mass is 10.2. The van der Waals surface area contributed by atoms with Crippen LogP contribution in [0.4, 0.5) is 0 Å². The number of hydrogen-bond acceptors (Lipinski definition) is 3. The third-order valence-electron chi connectivity index (χ3n) is 2.42. The van der Waals surface area contributed by atoms with Crippen LogP contribution in [0.3, 0.4) is 0 Å². The number of aromatic nitrogens is 1. The molecule has 0 aliphatic heterocycles. The van der Waals surface area contributed by atoms with Crippen LogP contribution in [0, 0.1) is 0 Å². The maximum absolute atomic E-state index is 5.10. The van der Waals surface area contributed by atoms with Crippen molar-refractivity contribution in [3.63, 3.8) is 0 Å². The highest BCUT2D eigenvalue weighted by atomic mass is 16.5. The average Bonchev–Trinajstić information content (AvgIpc) is 2.25. The smallest absolute Gasteiger partial charge is 0.0589 e. The van der Waals surface area contributed by atoms with Crippen molar-refractivity contribution in [2.75, 3.05) is 20.3 Å². The van der Waals surface area contributed by atoms with Crippen LogP contribution in [0.1, 0.15) is 19.4 Å². The molecule has 3 nitrogen and oxygen atoms in total. The van der Waals surface area contributed by atoms with Gasteiger partial charge in [-0.05, 0) is 25.5 Å². The lowest BCUT2D eigenvalue weighted by Crippen LogP contribution is -2.33. The second kappa shape index (κ2) is 6.53. The summed E-state index contributed by atoms with van der Waals surface area (Å²) in [6.07, 6.45) is 3.72. The summed E-state index contributed by atoms with van der Waals surface area (Å²) in [5.41, 5.74) is 1.25. The Morgan fingerprint density at radius 2 is 2.27 bits per heavy atom. The zero-order valence-corrected chi connectivity index (χ0v) is 9.81. The molecule has 0 saturated heterocycles. The number of methoxy groups -OCH3 is 1. The van der Waals surface area contributed by atoms with E-state index in [0.717, 1.165) is 19.7 Å². The fourth-order valence-electron chi connectivity index (χ4n) is 1.45. The van der Waals surface area contributed by atoms with Crippen LogP contribution in [-0.4, -0.2) is 36.2 Å². The molecule has 0 fully saturated rings. The molecule has 0 spiro atoms. The quantitative estimate of drug-likeness (QED) is 0.714. The molecule has 15 heavy (non-hydrogen) atoms. The van der Waals surface area contributed by atoms with Gasteiger partial charge in [-0.15, -0.1) is 0 Å². The molecule has 1 rings (SSSR count). The van der Waals surface area contributed by atoms with Crippen molar-refractivity contribution < 1.29 is 4.74 Å². The van der Waals surface area contributed by atoms with Gasteiger partial charge in [0.1, 0.15) is 0 Å². The Kier molecular flexibility index (Phi) is 5.29. The Morgan fingerprint density at radius 3 is 2.80 bits per heavy atom. The zero-order valence-electron chi connectivity index (χ0n) is 9.81. The second-order valence-electron chi connectivity index (χ2n) is 3.92. The zero-order chi connectivity index (χ0) is 11.1. The summed E-state index contributed by atoms with van der Waals surface area (Å²) >= 11 is 0. The molecule has 0 unspecified atom stereocenters. The van der Waals surface area contributed by atoms with Crippen molar-refractivity contribution in [2.24, 2.45) is 0 Å². The summed E-state index contributed by atoms with van der Waals surface area (Å²) in [5, 5.41) is 0. The van der Waals surface area contributed by atoms with E-state index in [2.05, 4.69) is 29.8 Å². The molecule has 3 heteroatoms. The van der Waals surface area contributed by atoms with Gasteiger partial charge in [0.25, 0.3) is 0 Å². The van der Waals surface area contributed by atoms with Crippen molar-refractivity contribution >= 4 is 0 Å². The van der Waals surface area contributed by atoms with Crippen LogP contribution in [0.25, 0.3) is 0 Å². The summed E-state index contributed by atoms with van der Waals surface area (Å²) in [4.78, 5) is 6.49. The minimum atomic E-state index is 0.528. The standard InChI is InChI=1S/C12H20N2O/c1-11(2)14(7-8-15-3)10-12-5-4-6-13-9-12/h4-6,9,11H,7-8,10H2,1-3H3. The Balaban J connectivity index is 2.51. The van der Waals surface area contributed by atoms with Gasteiger partial charge in [0, 0.05) is 38.6 Å². The first-order valence-corrected chi connectivity index (χ1v) is 5.36. The first-order valence-electron chi connectivity index (χ1n) is 5.36. The molecule has 0 amide bonds. The summed E-state index contributed by atoms with van der Waals surface area (Å²) in [6.45, 7) is 7.08. The number of ether oxygens (including phenoxy) is 1. The molecule has 1 heterocycles. The monoisotopic (exact) mass is 208 g/mol. The minimum Gasteiger partial charge on any atom is -0.383 e. The molecule has 0 aliphatic carbocycles. The molecule has 0 aliphatic rings. The number of rotatable bonds is 6. The molecule has 1 aromatic rings. The van der Waals surface area contributed by atoms with E-state index in [9.17, 15) is 0 Å². The maximum Gasteiger partial charge on any atom is 0.0589 e. The van der Waals surface area contributed by atoms with Gasteiger partial charge in [-0.3, -0.25) is 9.88 Å². The molecule has 84 valence electrons. The van der Waals surface area contributed by atoms with Crippen LogP contribution in [0.5, 0.6) is 0 Å². The van der Waals surface area contributed by atoms with Gasteiger partial charge in [-0.25, -0.2) is 0 Å². The fraction of sp³-hybridized carbons (Fsp3) is 0.583. The van der Waals surface area contributed by atoms with E-state index in [-0.39, 0.29) is 0 Å². The second-order valence-corrected chi connectivity index (χ2v) is 3.92. The number of hydrogen-bond donors (Lipinski definition) is 0. The first-order chi connectivity index (χ1) is 7.24. The summed E-state index contributed by atoms with van der Waals surface area (Å²) in [7, 11) is 1.74.